The first-order chi connectivity index (χ1) is 9.11. The molecule has 0 bridgehead atoms. The van der Waals surface area contributed by atoms with Crippen molar-refractivity contribution in [1.82, 2.24) is 0 Å². The van der Waals surface area contributed by atoms with Gasteiger partial charge in [-0.05, 0) is 45.8 Å². The van der Waals surface area contributed by atoms with Gasteiger partial charge >= 0.3 is 0 Å². The number of anilines is 1. The number of nitriles is 1. The van der Waals surface area contributed by atoms with E-state index in [2.05, 4.69) is 22.0 Å². The predicted octanol–water partition coefficient (Wildman–Crippen LogP) is 4.61. The molecule has 0 saturated heterocycles. The molecule has 96 valence electrons. The molecule has 2 rings (SSSR count). The molecule has 0 aliphatic carbocycles. The number of rotatable bonds is 3. The molecule has 0 aromatic heterocycles. The van der Waals surface area contributed by atoms with Crippen LogP contribution >= 0.6 is 27.5 Å². The molecule has 2 nitrogen and oxygen atoms in total. The summed E-state index contributed by atoms with van der Waals surface area (Å²) in [7, 11) is 1.96. The van der Waals surface area contributed by atoms with E-state index < -0.39 is 0 Å². The Labute approximate surface area is 126 Å². The van der Waals surface area contributed by atoms with Gasteiger partial charge in [0, 0.05) is 23.1 Å². The average Bonchev–Trinajstić information content (AvgIpc) is 2.38. The van der Waals surface area contributed by atoms with Crippen LogP contribution < -0.4 is 4.90 Å². The highest BCUT2D eigenvalue weighted by molar-refractivity contribution is 9.10. The Balaban J connectivity index is 2.28. The topological polar surface area (TPSA) is 27.0 Å². The zero-order chi connectivity index (χ0) is 13.8. The van der Waals surface area contributed by atoms with Gasteiger partial charge in [0.1, 0.15) is 6.07 Å². The van der Waals surface area contributed by atoms with Crippen molar-refractivity contribution < 1.29 is 0 Å². The van der Waals surface area contributed by atoms with Crippen molar-refractivity contribution in [2.24, 2.45) is 0 Å². The van der Waals surface area contributed by atoms with Crippen LogP contribution in [0.15, 0.2) is 46.9 Å². The smallest absolute Gasteiger partial charge is 0.103 e. The molecule has 19 heavy (non-hydrogen) atoms. The largest absolute Gasteiger partial charge is 0.369 e. The van der Waals surface area contributed by atoms with Gasteiger partial charge in [-0.3, -0.25) is 0 Å². The standard InChI is InChI=1S/C15H12BrClN2/c1-19(10-11-4-2-5-12(17)8-11)15-7-3-6-14(16)13(15)9-18/h2-8H,10H2,1H3. The molecule has 0 fully saturated rings. The molecule has 0 aliphatic rings. The second-order valence-corrected chi connectivity index (χ2v) is 5.52. The third-order valence-electron chi connectivity index (χ3n) is 2.82. The SMILES string of the molecule is CN(Cc1cccc(Cl)c1)c1cccc(Br)c1C#N. The minimum atomic E-state index is 0.645. The number of halogens is 2. The number of benzene rings is 2. The fraction of sp³-hybridized carbons (Fsp3) is 0.133. The molecule has 4 heteroatoms. The summed E-state index contributed by atoms with van der Waals surface area (Å²) >= 11 is 9.38. The summed E-state index contributed by atoms with van der Waals surface area (Å²) < 4.78 is 0.811. The van der Waals surface area contributed by atoms with Crippen molar-refractivity contribution in [1.29, 1.82) is 5.26 Å². The van der Waals surface area contributed by atoms with Gasteiger partial charge in [-0.25, -0.2) is 0 Å². The molecule has 0 saturated carbocycles. The minimum absolute atomic E-state index is 0.645. The van der Waals surface area contributed by atoms with E-state index in [-0.39, 0.29) is 0 Å². The van der Waals surface area contributed by atoms with Crippen molar-refractivity contribution >= 4 is 33.2 Å². The molecule has 0 spiro atoms. The molecule has 0 unspecified atom stereocenters. The molecule has 2 aromatic rings. The summed E-state index contributed by atoms with van der Waals surface area (Å²) in [5.74, 6) is 0. The number of hydrogen-bond acceptors (Lipinski definition) is 2. The van der Waals surface area contributed by atoms with Crippen molar-refractivity contribution in [2.75, 3.05) is 11.9 Å². The highest BCUT2D eigenvalue weighted by Gasteiger charge is 2.10. The number of hydrogen-bond donors (Lipinski definition) is 0. The Morgan fingerprint density at radius 1 is 1.26 bits per heavy atom. The second kappa shape index (κ2) is 6.10. The van der Waals surface area contributed by atoms with Gasteiger partial charge in [0.25, 0.3) is 0 Å². The Morgan fingerprint density at radius 3 is 2.68 bits per heavy atom. The summed E-state index contributed by atoms with van der Waals surface area (Å²) in [6, 6.07) is 15.7. The zero-order valence-corrected chi connectivity index (χ0v) is 12.7. The molecule has 0 atom stereocenters. The zero-order valence-electron chi connectivity index (χ0n) is 10.4. The van der Waals surface area contributed by atoms with Crippen LogP contribution in [0.5, 0.6) is 0 Å². The van der Waals surface area contributed by atoms with Crippen LogP contribution in [-0.2, 0) is 6.54 Å². The van der Waals surface area contributed by atoms with Gasteiger partial charge in [-0.2, -0.15) is 5.26 Å². The molecule has 0 aliphatic heterocycles. The Kier molecular flexibility index (Phi) is 4.47. The van der Waals surface area contributed by atoms with E-state index >= 15 is 0 Å². The first kappa shape index (κ1) is 13.9. The lowest BCUT2D eigenvalue weighted by molar-refractivity contribution is 0.920. The molecule has 0 N–H and O–H groups in total. The van der Waals surface area contributed by atoms with Crippen molar-refractivity contribution in [3.8, 4) is 6.07 Å². The third-order valence-corrected chi connectivity index (χ3v) is 3.72. The summed E-state index contributed by atoms with van der Waals surface area (Å²) in [6.45, 7) is 0.700. The Bertz CT molecular complexity index is 634. The first-order valence-electron chi connectivity index (χ1n) is 5.76. The Morgan fingerprint density at radius 2 is 2.00 bits per heavy atom. The van der Waals surface area contributed by atoms with E-state index in [9.17, 15) is 5.26 Å². The van der Waals surface area contributed by atoms with Crippen LogP contribution in [0.3, 0.4) is 0 Å². The summed E-state index contributed by atoms with van der Waals surface area (Å²) in [4.78, 5) is 2.04. The number of nitrogens with zero attached hydrogens (tertiary/aromatic N) is 2. The van der Waals surface area contributed by atoms with E-state index in [0.717, 1.165) is 20.7 Å². The predicted molar refractivity (Wildman–Crippen MR) is 82.4 cm³/mol. The highest BCUT2D eigenvalue weighted by atomic mass is 79.9. The lowest BCUT2D eigenvalue weighted by Crippen LogP contribution is -2.17. The van der Waals surface area contributed by atoms with E-state index in [4.69, 9.17) is 11.6 Å². The maximum Gasteiger partial charge on any atom is 0.103 e. The first-order valence-corrected chi connectivity index (χ1v) is 6.93. The van der Waals surface area contributed by atoms with E-state index in [1.165, 1.54) is 0 Å². The van der Waals surface area contributed by atoms with Crippen LogP contribution in [0.2, 0.25) is 5.02 Å². The van der Waals surface area contributed by atoms with Gasteiger partial charge < -0.3 is 4.90 Å². The molecule has 0 radical (unpaired) electrons. The maximum absolute atomic E-state index is 9.23. The van der Waals surface area contributed by atoms with E-state index in [1.807, 2.05) is 54.4 Å². The van der Waals surface area contributed by atoms with Crippen molar-refractivity contribution in [2.45, 2.75) is 6.54 Å². The van der Waals surface area contributed by atoms with Crippen LogP contribution in [0.25, 0.3) is 0 Å². The van der Waals surface area contributed by atoms with Gasteiger partial charge in [-0.1, -0.05) is 29.8 Å². The van der Waals surface area contributed by atoms with E-state index in [0.29, 0.717) is 12.1 Å². The van der Waals surface area contributed by atoms with Crippen LogP contribution in [-0.4, -0.2) is 7.05 Å². The van der Waals surface area contributed by atoms with Gasteiger partial charge in [-0.15, -0.1) is 0 Å². The van der Waals surface area contributed by atoms with Crippen LogP contribution in [0.1, 0.15) is 11.1 Å². The minimum Gasteiger partial charge on any atom is -0.369 e. The second-order valence-electron chi connectivity index (χ2n) is 4.23. The monoisotopic (exact) mass is 334 g/mol. The fourth-order valence-corrected chi connectivity index (χ4v) is 2.59. The lowest BCUT2D eigenvalue weighted by atomic mass is 10.1. The summed E-state index contributed by atoms with van der Waals surface area (Å²) in [5.41, 5.74) is 2.66. The summed E-state index contributed by atoms with van der Waals surface area (Å²) in [5, 5.41) is 9.95. The van der Waals surface area contributed by atoms with Crippen LogP contribution in [0, 0.1) is 11.3 Å². The molecular weight excluding hydrogens is 324 g/mol. The molecule has 2 aromatic carbocycles. The van der Waals surface area contributed by atoms with Gasteiger partial charge in [0.2, 0.25) is 0 Å². The van der Waals surface area contributed by atoms with Crippen LogP contribution in [0.4, 0.5) is 5.69 Å². The van der Waals surface area contributed by atoms with Gasteiger partial charge in [0.05, 0.1) is 11.3 Å². The Hall–Kier alpha value is -1.50. The normalized spacial score (nSPS) is 10.0. The molecular formula is C15H12BrClN2. The molecule has 0 amide bonds. The fourth-order valence-electron chi connectivity index (χ4n) is 1.94. The summed E-state index contributed by atoms with van der Waals surface area (Å²) in [6.07, 6.45) is 0. The molecule has 0 heterocycles. The lowest BCUT2D eigenvalue weighted by Gasteiger charge is -2.21. The van der Waals surface area contributed by atoms with Crippen molar-refractivity contribution in [3.63, 3.8) is 0 Å². The third kappa shape index (κ3) is 3.28. The quantitative estimate of drug-likeness (QED) is 0.819. The van der Waals surface area contributed by atoms with Crippen molar-refractivity contribution in [3.05, 3.63) is 63.1 Å². The maximum atomic E-state index is 9.23. The highest BCUT2D eigenvalue weighted by Crippen LogP contribution is 2.27. The van der Waals surface area contributed by atoms with Gasteiger partial charge in [0.15, 0.2) is 0 Å². The average molecular weight is 336 g/mol. The van der Waals surface area contributed by atoms with E-state index in [1.54, 1.807) is 0 Å².